The summed E-state index contributed by atoms with van der Waals surface area (Å²) in [6, 6.07) is 2.59. The van der Waals surface area contributed by atoms with Crippen molar-refractivity contribution in [3.8, 4) is 0 Å². The third-order valence-electron chi connectivity index (χ3n) is 4.00. The van der Waals surface area contributed by atoms with Crippen LogP contribution in [0.3, 0.4) is 0 Å². The number of hydrogen-bond donors (Lipinski definition) is 1. The lowest BCUT2D eigenvalue weighted by atomic mass is 9.64. The Morgan fingerprint density at radius 1 is 1.59 bits per heavy atom. The Balaban J connectivity index is 1.84. The van der Waals surface area contributed by atoms with Crippen molar-refractivity contribution < 1.29 is 4.74 Å². The third-order valence-corrected chi connectivity index (χ3v) is 4.00. The van der Waals surface area contributed by atoms with Crippen LogP contribution in [0.1, 0.15) is 32.9 Å². The predicted octanol–water partition coefficient (Wildman–Crippen LogP) is 1.71. The van der Waals surface area contributed by atoms with Crippen molar-refractivity contribution in [1.82, 2.24) is 15.1 Å². The number of ether oxygens (including phenoxy) is 1. The first kappa shape index (κ1) is 12.6. The lowest BCUT2D eigenvalue weighted by Gasteiger charge is -2.52. The molecule has 96 valence electrons. The Hall–Kier alpha value is -0.870. The summed E-state index contributed by atoms with van der Waals surface area (Å²) in [5, 5.41) is 7.77. The molecule has 0 spiro atoms. The molecule has 17 heavy (non-hydrogen) atoms. The fourth-order valence-corrected chi connectivity index (χ4v) is 2.52. The fraction of sp³-hybridized carbons (Fsp3) is 0.769. The van der Waals surface area contributed by atoms with Gasteiger partial charge in [0.15, 0.2) is 0 Å². The molecular weight excluding hydrogens is 214 g/mol. The molecule has 4 heteroatoms. The average Bonchev–Trinajstić information content (AvgIpc) is 2.68. The summed E-state index contributed by atoms with van der Waals surface area (Å²) in [5.41, 5.74) is 1.45. The van der Waals surface area contributed by atoms with Crippen LogP contribution in [0.25, 0.3) is 0 Å². The van der Waals surface area contributed by atoms with Crippen molar-refractivity contribution in [2.45, 2.75) is 45.9 Å². The predicted molar refractivity (Wildman–Crippen MR) is 67.6 cm³/mol. The molecule has 1 aliphatic rings. The molecule has 1 N–H and O–H groups in total. The lowest BCUT2D eigenvalue weighted by Crippen LogP contribution is -2.60. The van der Waals surface area contributed by atoms with E-state index in [-0.39, 0.29) is 5.41 Å². The van der Waals surface area contributed by atoms with E-state index >= 15 is 0 Å². The molecule has 2 unspecified atom stereocenters. The number of rotatable bonds is 5. The van der Waals surface area contributed by atoms with Crippen LogP contribution >= 0.6 is 0 Å². The molecule has 1 heterocycles. The van der Waals surface area contributed by atoms with Crippen LogP contribution in [0.5, 0.6) is 0 Å². The van der Waals surface area contributed by atoms with Crippen LogP contribution in [-0.2, 0) is 18.3 Å². The zero-order valence-corrected chi connectivity index (χ0v) is 11.2. The summed E-state index contributed by atoms with van der Waals surface area (Å²) >= 11 is 0. The van der Waals surface area contributed by atoms with Gasteiger partial charge in [0.2, 0.25) is 0 Å². The molecule has 0 aromatic carbocycles. The van der Waals surface area contributed by atoms with Gasteiger partial charge in [-0.25, -0.2) is 0 Å². The smallest absolute Gasteiger partial charge is 0.0655 e. The highest BCUT2D eigenvalue weighted by molar-refractivity contribution is 5.05. The van der Waals surface area contributed by atoms with Gasteiger partial charge in [0.25, 0.3) is 0 Å². The molecule has 1 aliphatic carbocycles. The quantitative estimate of drug-likeness (QED) is 0.847. The molecular formula is C13H23N3O. The van der Waals surface area contributed by atoms with Crippen LogP contribution in [0.15, 0.2) is 12.3 Å². The van der Waals surface area contributed by atoms with E-state index in [4.69, 9.17) is 4.74 Å². The standard InChI is InChI=1S/C13H23N3O/c1-5-17-12-8-11(13(12,2)3)14-9-10-6-7-15-16(10)4/h6-7,11-12,14H,5,8-9H2,1-4H3. The Labute approximate surface area is 103 Å². The van der Waals surface area contributed by atoms with Crippen LogP contribution in [-0.4, -0.2) is 28.5 Å². The van der Waals surface area contributed by atoms with Gasteiger partial charge in [0.1, 0.15) is 0 Å². The highest BCUT2D eigenvalue weighted by atomic mass is 16.5. The monoisotopic (exact) mass is 237 g/mol. The van der Waals surface area contributed by atoms with Crippen molar-refractivity contribution in [1.29, 1.82) is 0 Å². The van der Waals surface area contributed by atoms with Gasteiger partial charge in [0.05, 0.1) is 11.8 Å². The van der Waals surface area contributed by atoms with Gasteiger partial charge in [-0.3, -0.25) is 4.68 Å². The first-order chi connectivity index (χ1) is 8.05. The number of nitrogens with zero attached hydrogens (tertiary/aromatic N) is 2. The van der Waals surface area contributed by atoms with Crippen LogP contribution < -0.4 is 5.32 Å². The van der Waals surface area contributed by atoms with E-state index in [0.29, 0.717) is 12.1 Å². The molecule has 0 amide bonds. The second-order valence-corrected chi connectivity index (χ2v) is 5.38. The van der Waals surface area contributed by atoms with Crippen LogP contribution in [0.2, 0.25) is 0 Å². The van der Waals surface area contributed by atoms with Crippen molar-refractivity contribution in [3.63, 3.8) is 0 Å². The second-order valence-electron chi connectivity index (χ2n) is 5.38. The van der Waals surface area contributed by atoms with Gasteiger partial charge in [0, 0.05) is 37.9 Å². The zero-order valence-electron chi connectivity index (χ0n) is 11.2. The second kappa shape index (κ2) is 4.78. The highest BCUT2D eigenvalue weighted by Crippen LogP contribution is 2.42. The van der Waals surface area contributed by atoms with E-state index in [2.05, 4.69) is 37.3 Å². The first-order valence-corrected chi connectivity index (χ1v) is 6.37. The van der Waals surface area contributed by atoms with Crippen molar-refractivity contribution in [2.24, 2.45) is 12.5 Å². The molecule has 2 rings (SSSR count). The summed E-state index contributed by atoms with van der Waals surface area (Å²) < 4.78 is 7.64. The lowest BCUT2D eigenvalue weighted by molar-refractivity contribution is -0.114. The Kier molecular flexibility index (Phi) is 3.54. The summed E-state index contributed by atoms with van der Waals surface area (Å²) in [6.07, 6.45) is 3.35. The molecule has 0 aliphatic heterocycles. The highest BCUT2D eigenvalue weighted by Gasteiger charge is 2.48. The van der Waals surface area contributed by atoms with E-state index in [1.54, 1.807) is 0 Å². The molecule has 0 bridgehead atoms. The maximum Gasteiger partial charge on any atom is 0.0655 e. The van der Waals surface area contributed by atoms with Gasteiger partial charge in [-0.15, -0.1) is 0 Å². The summed E-state index contributed by atoms with van der Waals surface area (Å²) in [6.45, 7) is 8.30. The molecule has 0 saturated heterocycles. The fourth-order valence-electron chi connectivity index (χ4n) is 2.52. The minimum atomic E-state index is 0.231. The van der Waals surface area contributed by atoms with Crippen LogP contribution in [0, 0.1) is 5.41 Å². The van der Waals surface area contributed by atoms with Gasteiger partial charge in [-0.05, 0) is 19.4 Å². The number of hydrogen-bond acceptors (Lipinski definition) is 3. The zero-order chi connectivity index (χ0) is 12.5. The number of nitrogens with one attached hydrogen (secondary N) is 1. The van der Waals surface area contributed by atoms with Gasteiger partial charge in [-0.1, -0.05) is 13.8 Å². The molecule has 1 aromatic heterocycles. The summed E-state index contributed by atoms with van der Waals surface area (Å²) in [5.74, 6) is 0. The van der Waals surface area contributed by atoms with Crippen molar-refractivity contribution in [3.05, 3.63) is 18.0 Å². The summed E-state index contributed by atoms with van der Waals surface area (Å²) in [7, 11) is 1.98. The first-order valence-electron chi connectivity index (χ1n) is 6.37. The topological polar surface area (TPSA) is 39.1 Å². The molecule has 4 nitrogen and oxygen atoms in total. The van der Waals surface area contributed by atoms with Gasteiger partial charge < -0.3 is 10.1 Å². The summed E-state index contributed by atoms with van der Waals surface area (Å²) in [4.78, 5) is 0. The van der Waals surface area contributed by atoms with E-state index in [1.165, 1.54) is 5.69 Å². The number of aryl methyl sites for hydroxylation is 1. The molecule has 1 fully saturated rings. The van der Waals surface area contributed by atoms with Crippen LogP contribution in [0.4, 0.5) is 0 Å². The SMILES string of the molecule is CCOC1CC(NCc2ccnn2C)C1(C)C. The molecule has 1 aromatic rings. The Morgan fingerprint density at radius 2 is 2.35 bits per heavy atom. The number of aromatic nitrogens is 2. The molecule has 0 radical (unpaired) electrons. The van der Waals surface area contributed by atoms with E-state index in [0.717, 1.165) is 19.6 Å². The maximum atomic E-state index is 5.73. The normalized spacial score (nSPS) is 26.8. The largest absolute Gasteiger partial charge is 0.378 e. The maximum absolute atomic E-state index is 5.73. The molecule has 2 atom stereocenters. The average molecular weight is 237 g/mol. The van der Waals surface area contributed by atoms with E-state index in [9.17, 15) is 0 Å². The Morgan fingerprint density at radius 3 is 2.88 bits per heavy atom. The minimum absolute atomic E-state index is 0.231. The van der Waals surface area contributed by atoms with Crippen molar-refractivity contribution in [2.75, 3.05) is 6.61 Å². The Bertz CT molecular complexity index is 372. The van der Waals surface area contributed by atoms with E-state index < -0.39 is 0 Å². The molecule has 1 saturated carbocycles. The third kappa shape index (κ3) is 2.38. The van der Waals surface area contributed by atoms with Gasteiger partial charge in [-0.2, -0.15) is 5.10 Å². The van der Waals surface area contributed by atoms with Crippen molar-refractivity contribution >= 4 is 0 Å². The minimum Gasteiger partial charge on any atom is -0.378 e. The van der Waals surface area contributed by atoms with Gasteiger partial charge >= 0.3 is 0 Å². The van der Waals surface area contributed by atoms with E-state index in [1.807, 2.05) is 17.9 Å².